The van der Waals surface area contributed by atoms with Gasteiger partial charge in [0.25, 0.3) is 0 Å². The summed E-state index contributed by atoms with van der Waals surface area (Å²) in [6, 6.07) is 12.9. The molecule has 6 nitrogen and oxygen atoms in total. The van der Waals surface area contributed by atoms with Crippen LogP contribution in [-0.2, 0) is 20.7 Å². The molecule has 0 saturated heterocycles. The number of nitrogens with one attached hydrogen (secondary N) is 1. The smallest absolute Gasteiger partial charge is 0.328 e. The number of phenols is 2. The van der Waals surface area contributed by atoms with E-state index in [0.29, 0.717) is 12.0 Å². The molecular weight excluding hydrogens is 346 g/mol. The predicted octanol–water partition coefficient (Wildman–Crippen LogP) is 2.88. The molecule has 0 radical (unpaired) electrons. The number of carbonyl (C=O) groups excluding carboxylic acids is 2. The van der Waals surface area contributed by atoms with Crippen LogP contribution in [0.25, 0.3) is 0 Å². The minimum atomic E-state index is -0.777. The van der Waals surface area contributed by atoms with E-state index in [2.05, 4.69) is 5.32 Å². The van der Waals surface area contributed by atoms with Crippen molar-refractivity contribution in [3.05, 3.63) is 59.7 Å². The van der Waals surface area contributed by atoms with Crippen molar-refractivity contribution in [3.63, 3.8) is 0 Å². The van der Waals surface area contributed by atoms with Crippen LogP contribution in [0.15, 0.2) is 48.5 Å². The van der Waals surface area contributed by atoms with Crippen LogP contribution < -0.4 is 5.32 Å². The van der Waals surface area contributed by atoms with E-state index in [1.165, 1.54) is 12.1 Å². The average Bonchev–Trinajstić information content (AvgIpc) is 2.62. The Hall–Kier alpha value is -3.02. The second-order valence-electron chi connectivity index (χ2n) is 6.41. The zero-order valence-electron chi connectivity index (χ0n) is 15.5. The van der Waals surface area contributed by atoms with Crippen LogP contribution in [0.5, 0.6) is 11.5 Å². The Morgan fingerprint density at radius 1 is 1.11 bits per heavy atom. The summed E-state index contributed by atoms with van der Waals surface area (Å²) in [5.41, 5.74) is 1.47. The predicted molar refractivity (Wildman–Crippen MR) is 102 cm³/mol. The Balaban J connectivity index is 2.04. The number of esters is 1. The maximum atomic E-state index is 12.5. The van der Waals surface area contributed by atoms with Crippen LogP contribution in [0.4, 0.5) is 0 Å². The Labute approximate surface area is 158 Å². The van der Waals surface area contributed by atoms with Crippen LogP contribution in [0.1, 0.15) is 37.3 Å². The molecule has 0 aromatic heterocycles. The molecule has 144 valence electrons. The number of phenolic OH excluding ortho intramolecular Hbond substituents is 2. The van der Waals surface area contributed by atoms with Crippen LogP contribution in [0.3, 0.4) is 0 Å². The van der Waals surface area contributed by atoms with Gasteiger partial charge in [0.1, 0.15) is 17.5 Å². The first kappa shape index (κ1) is 20.3. The van der Waals surface area contributed by atoms with E-state index in [0.717, 1.165) is 5.56 Å². The summed E-state index contributed by atoms with van der Waals surface area (Å²) in [5.74, 6) is -1.19. The lowest BCUT2D eigenvalue weighted by Gasteiger charge is -2.19. The van der Waals surface area contributed by atoms with Crippen molar-refractivity contribution < 1.29 is 24.5 Å². The Kier molecular flexibility index (Phi) is 7.23. The number of ether oxygens (including phenoxy) is 1. The maximum Gasteiger partial charge on any atom is 0.328 e. The normalized spacial score (nSPS) is 12.8. The van der Waals surface area contributed by atoms with Gasteiger partial charge >= 0.3 is 5.97 Å². The van der Waals surface area contributed by atoms with Gasteiger partial charge in [-0.25, -0.2) is 4.79 Å². The molecule has 0 aliphatic rings. The molecule has 2 atom stereocenters. The summed E-state index contributed by atoms with van der Waals surface area (Å²) in [5, 5.41) is 22.1. The summed E-state index contributed by atoms with van der Waals surface area (Å²) in [6.45, 7) is 3.75. The van der Waals surface area contributed by atoms with Crippen LogP contribution in [0.2, 0.25) is 0 Å². The highest BCUT2D eigenvalue weighted by molar-refractivity contribution is 5.85. The van der Waals surface area contributed by atoms with Gasteiger partial charge in [-0.1, -0.05) is 43.3 Å². The van der Waals surface area contributed by atoms with E-state index < -0.39 is 12.0 Å². The Morgan fingerprint density at radius 3 is 2.44 bits per heavy atom. The van der Waals surface area contributed by atoms with E-state index in [1.54, 1.807) is 19.9 Å². The molecule has 2 aromatic rings. The summed E-state index contributed by atoms with van der Waals surface area (Å²) in [6.07, 6.45) is 0.424. The lowest BCUT2D eigenvalue weighted by Crippen LogP contribution is -2.43. The van der Waals surface area contributed by atoms with Crippen LogP contribution >= 0.6 is 0 Å². The van der Waals surface area contributed by atoms with Crippen molar-refractivity contribution in [1.82, 2.24) is 5.32 Å². The topological polar surface area (TPSA) is 95.9 Å². The van der Waals surface area contributed by atoms with Gasteiger partial charge in [0.05, 0.1) is 6.61 Å². The van der Waals surface area contributed by atoms with Gasteiger partial charge in [-0.15, -0.1) is 0 Å². The molecule has 2 rings (SSSR count). The van der Waals surface area contributed by atoms with E-state index in [9.17, 15) is 19.8 Å². The standard InChI is InChI=1S/C21H25NO5/c1-3-27-21(26)18(12-15-7-5-4-6-8-15)22-20(25)11-14(2)17-10-9-16(23)13-19(17)24/h4-10,13-14,18,23-24H,3,11-12H2,1-2H3,(H,22,25)/t14?,18-/m1/s1. The maximum absolute atomic E-state index is 12.5. The second kappa shape index (κ2) is 9.62. The lowest BCUT2D eigenvalue weighted by molar-refractivity contribution is -0.147. The molecule has 0 bridgehead atoms. The number of hydrogen-bond donors (Lipinski definition) is 3. The van der Waals surface area contributed by atoms with Gasteiger partial charge in [0, 0.05) is 18.9 Å². The number of hydrogen-bond acceptors (Lipinski definition) is 5. The zero-order chi connectivity index (χ0) is 19.8. The van der Waals surface area contributed by atoms with Gasteiger partial charge in [-0.05, 0) is 30.0 Å². The third kappa shape index (κ3) is 6.02. The fourth-order valence-corrected chi connectivity index (χ4v) is 2.88. The van der Waals surface area contributed by atoms with Gasteiger partial charge in [-0.3, -0.25) is 4.79 Å². The second-order valence-corrected chi connectivity index (χ2v) is 6.41. The van der Waals surface area contributed by atoms with Gasteiger partial charge < -0.3 is 20.3 Å². The fourth-order valence-electron chi connectivity index (χ4n) is 2.88. The number of amides is 1. The molecule has 1 amide bonds. The Bertz CT molecular complexity index is 775. The highest BCUT2D eigenvalue weighted by Crippen LogP contribution is 2.30. The molecule has 0 aliphatic heterocycles. The molecule has 6 heteroatoms. The lowest BCUT2D eigenvalue weighted by atomic mass is 9.96. The van der Waals surface area contributed by atoms with E-state index in [1.807, 2.05) is 30.3 Å². The van der Waals surface area contributed by atoms with Crippen molar-refractivity contribution in [3.8, 4) is 11.5 Å². The fraction of sp³-hybridized carbons (Fsp3) is 0.333. The van der Waals surface area contributed by atoms with Crippen molar-refractivity contribution in [1.29, 1.82) is 0 Å². The number of aromatic hydroxyl groups is 2. The summed E-state index contributed by atoms with van der Waals surface area (Å²) in [4.78, 5) is 24.7. The third-order valence-electron chi connectivity index (χ3n) is 4.23. The van der Waals surface area contributed by atoms with Crippen molar-refractivity contribution in [2.75, 3.05) is 6.61 Å². The number of rotatable bonds is 8. The average molecular weight is 371 g/mol. The molecule has 0 spiro atoms. The molecule has 2 aromatic carbocycles. The first-order valence-electron chi connectivity index (χ1n) is 8.92. The third-order valence-corrected chi connectivity index (χ3v) is 4.23. The minimum Gasteiger partial charge on any atom is -0.508 e. The minimum absolute atomic E-state index is 0.0434. The van der Waals surface area contributed by atoms with E-state index in [-0.39, 0.29) is 36.4 Å². The number of carbonyl (C=O) groups is 2. The van der Waals surface area contributed by atoms with Crippen molar-refractivity contribution >= 4 is 11.9 Å². The first-order valence-corrected chi connectivity index (χ1v) is 8.92. The monoisotopic (exact) mass is 371 g/mol. The van der Waals surface area contributed by atoms with E-state index >= 15 is 0 Å². The van der Waals surface area contributed by atoms with Gasteiger partial charge in [-0.2, -0.15) is 0 Å². The molecule has 0 aliphatic carbocycles. The Morgan fingerprint density at radius 2 is 1.81 bits per heavy atom. The molecular formula is C21H25NO5. The molecule has 27 heavy (non-hydrogen) atoms. The summed E-state index contributed by atoms with van der Waals surface area (Å²) >= 11 is 0. The highest BCUT2D eigenvalue weighted by Gasteiger charge is 2.24. The van der Waals surface area contributed by atoms with Crippen molar-refractivity contribution in [2.24, 2.45) is 0 Å². The quantitative estimate of drug-likeness (QED) is 0.620. The molecule has 0 heterocycles. The molecule has 3 N–H and O–H groups in total. The van der Waals surface area contributed by atoms with Crippen molar-refractivity contribution in [2.45, 2.75) is 38.6 Å². The first-order chi connectivity index (χ1) is 12.9. The summed E-state index contributed by atoms with van der Waals surface area (Å²) < 4.78 is 5.08. The molecule has 0 fully saturated rings. The SMILES string of the molecule is CCOC(=O)[C@@H](Cc1ccccc1)NC(=O)CC(C)c1ccc(O)cc1O. The molecule has 1 unspecified atom stereocenters. The highest BCUT2D eigenvalue weighted by atomic mass is 16.5. The number of benzene rings is 2. The van der Waals surface area contributed by atoms with Gasteiger partial charge in [0.2, 0.25) is 5.91 Å². The molecule has 0 saturated carbocycles. The van der Waals surface area contributed by atoms with Crippen LogP contribution in [0, 0.1) is 0 Å². The summed E-state index contributed by atoms with van der Waals surface area (Å²) in [7, 11) is 0. The zero-order valence-corrected chi connectivity index (χ0v) is 15.5. The largest absolute Gasteiger partial charge is 0.508 e. The van der Waals surface area contributed by atoms with Gasteiger partial charge in [0.15, 0.2) is 0 Å². The van der Waals surface area contributed by atoms with Crippen LogP contribution in [-0.4, -0.2) is 34.7 Å². The van der Waals surface area contributed by atoms with E-state index in [4.69, 9.17) is 4.74 Å².